The van der Waals surface area contributed by atoms with Crippen molar-refractivity contribution in [3.63, 3.8) is 0 Å². The number of hydrogen-bond acceptors (Lipinski definition) is 3. The van der Waals surface area contributed by atoms with Crippen LogP contribution in [0.4, 0.5) is 0 Å². The number of rotatable bonds is 7. The molecule has 0 N–H and O–H groups in total. The highest BCUT2D eigenvalue weighted by Crippen LogP contribution is 2.44. The first-order valence-electron chi connectivity index (χ1n) is 23.8. The average Bonchev–Trinajstić information content (AvgIpc) is 3.96. The molecular weight excluding hydrogens is 851 g/mol. The molecule has 5 nitrogen and oxygen atoms in total. The fourth-order valence-electron chi connectivity index (χ4n) is 10.7. The Bertz CT molecular complexity index is 4250. The Labute approximate surface area is 403 Å². The fourth-order valence-corrected chi connectivity index (χ4v) is 10.7. The Balaban J connectivity index is 0.895. The quantitative estimate of drug-likeness (QED) is 0.150. The van der Waals surface area contributed by atoms with Gasteiger partial charge >= 0.3 is 0 Å². The SMILES string of the molecule is c1ccc(-c2nc(-c3ccc(-c4cccc5c4nc(-c4ccccc4)c4c5ccc5c4c4ccccc4n5-c4ccccc4)cc3)cc(-c3ccc(-n4c5ccccc5c5ccccc54)cc3)n2)cc1. The summed E-state index contributed by atoms with van der Waals surface area (Å²) < 4.78 is 4.73. The zero-order chi connectivity index (χ0) is 46.1. The predicted molar refractivity (Wildman–Crippen MR) is 291 cm³/mol. The summed E-state index contributed by atoms with van der Waals surface area (Å²) >= 11 is 0. The van der Waals surface area contributed by atoms with E-state index in [2.05, 4.69) is 240 Å². The number of nitrogens with zero attached hydrogens (tertiary/aromatic N) is 5. The van der Waals surface area contributed by atoms with E-state index in [1.54, 1.807) is 0 Å². The van der Waals surface area contributed by atoms with Crippen LogP contribution in [0.1, 0.15) is 0 Å². The number of para-hydroxylation sites is 5. The summed E-state index contributed by atoms with van der Waals surface area (Å²) in [6.07, 6.45) is 0. The van der Waals surface area contributed by atoms with Gasteiger partial charge in [-0.1, -0.05) is 194 Å². The van der Waals surface area contributed by atoms with Crippen molar-refractivity contribution >= 4 is 65.3 Å². The Morgan fingerprint density at radius 3 is 1.40 bits per heavy atom. The van der Waals surface area contributed by atoms with Crippen molar-refractivity contribution in [2.24, 2.45) is 0 Å². The largest absolute Gasteiger partial charge is 0.309 e. The minimum atomic E-state index is 0.684. The number of aromatic nitrogens is 5. The van der Waals surface area contributed by atoms with Gasteiger partial charge in [-0.05, 0) is 65.5 Å². The van der Waals surface area contributed by atoms with Crippen LogP contribution in [0.3, 0.4) is 0 Å². The Kier molecular flexibility index (Phi) is 9.14. The lowest BCUT2D eigenvalue weighted by Crippen LogP contribution is -1.97. The van der Waals surface area contributed by atoms with E-state index in [1.807, 2.05) is 18.2 Å². The first-order chi connectivity index (χ1) is 34.7. The molecule has 0 bridgehead atoms. The van der Waals surface area contributed by atoms with Crippen molar-refractivity contribution in [1.82, 2.24) is 24.1 Å². The molecule has 4 aromatic heterocycles. The van der Waals surface area contributed by atoms with Gasteiger partial charge in [0, 0.05) is 71.5 Å². The summed E-state index contributed by atoms with van der Waals surface area (Å²) in [5.41, 5.74) is 16.8. The van der Waals surface area contributed by atoms with Crippen molar-refractivity contribution < 1.29 is 0 Å². The topological polar surface area (TPSA) is 48.5 Å². The number of benzene rings is 10. The Morgan fingerprint density at radius 1 is 0.271 bits per heavy atom. The molecule has 0 spiro atoms. The Morgan fingerprint density at radius 2 is 0.757 bits per heavy atom. The third-order valence-electron chi connectivity index (χ3n) is 13.9. The zero-order valence-corrected chi connectivity index (χ0v) is 37.9. The van der Waals surface area contributed by atoms with Crippen LogP contribution < -0.4 is 0 Å². The van der Waals surface area contributed by atoms with Crippen LogP contribution in [0.15, 0.2) is 249 Å². The van der Waals surface area contributed by atoms with Crippen LogP contribution in [-0.4, -0.2) is 24.1 Å². The lowest BCUT2D eigenvalue weighted by Gasteiger charge is -2.15. The highest BCUT2D eigenvalue weighted by molar-refractivity contribution is 6.29. The minimum absolute atomic E-state index is 0.684. The summed E-state index contributed by atoms with van der Waals surface area (Å²) in [5.74, 6) is 0.684. The van der Waals surface area contributed by atoms with E-state index in [-0.39, 0.29) is 0 Å². The van der Waals surface area contributed by atoms with Gasteiger partial charge in [0.25, 0.3) is 0 Å². The third kappa shape index (κ3) is 6.36. The molecule has 0 aliphatic carbocycles. The Hall–Kier alpha value is -9.45. The molecule has 0 aliphatic rings. The second-order valence-corrected chi connectivity index (χ2v) is 17.9. The molecule has 0 saturated carbocycles. The van der Waals surface area contributed by atoms with Gasteiger partial charge in [-0.25, -0.2) is 15.0 Å². The van der Waals surface area contributed by atoms with Gasteiger partial charge < -0.3 is 9.13 Å². The minimum Gasteiger partial charge on any atom is -0.309 e. The number of hydrogen-bond donors (Lipinski definition) is 0. The second kappa shape index (κ2) is 16.1. The van der Waals surface area contributed by atoms with Gasteiger partial charge in [0.1, 0.15) is 0 Å². The fraction of sp³-hybridized carbons (Fsp3) is 0. The summed E-state index contributed by atoms with van der Waals surface area (Å²) in [5, 5.41) is 8.35. The maximum Gasteiger partial charge on any atom is 0.160 e. The van der Waals surface area contributed by atoms with E-state index >= 15 is 0 Å². The van der Waals surface area contributed by atoms with E-state index in [0.29, 0.717) is 5.82 Å². The van der Waals surface area contributed by atoms with Gasteiger partial charge in [-0.3, -0.25) is 0 Å². The van der Waals surface area contributed by atoms with Crippen LogP contribution in [0, 0.1) is 0 Å². The third-order valence-corrected chi connectivity index (χ3v) is 13.9. The average molecular weight is 892 g/mol. The van der Waals surface area contributed by atoms with E-state index in [1.165, 1.54) is 43.5 Å². The van der Waals surface area contributed by atoms with E-state index in [9.17, 15) is 0 Å². The standard InChI is InChI=1S/C65H41N5/c1-4-17-45(18-5-1)63-62-52(39-40-60-61(62)54-25-12-15-30-59(54)70(60)47-21-8-3-9-22-47)53-27-16-26-49(64(53)68-63)42-31-33-43(34-32-42)55-41-56(67-65(66-55)46-19-6-2-7-20-46)44-35-37-48(38-36-44)69-57-28-13-10-23-50(57)51-24-11-14-29-58(51)69/h1-41H. The predicted octanol–water partition coefficient (Wildman–Crippen LogP) is 16.7. The molecule has 0 aliphatic heterocycles. The normalized spacial score (nSPS) is 11.7. The summed E-state index contributed by atoms with van der Waals surface area (Å²) in [6.45, 7) is 0. The summed E-state index contributed by atoms with van der Waals surface area (Å²) in [7, 11) is 0. The molecule has 0 fully saturated rings. The van der Waals surface area contributed by atoms with Crippen molar-refractivity contribution in [3.8, 4) is 67.7 Å². The first kappa shape index (κ1) is 39.7. The van der Waals surface area contributed by atoms with Gasteiger partial charge in [0.05, 0.1) is 44.7 Å². The monoisotopic (exact) mass is 891 g/mol. The van der Waals surface area contributed by atoms with E-state index < -0.39 is 0 Å². The first-order valence-corrected chi connectivity index (χ1v) is 23.8. The molecule has 5 heteroatoms. The van der Waals surface area contributed by atoms with Crippen LogP contribution in [-0.2, 0) is 0 Å². The number of fused-ring (bicyclic) bond motifs is 10. The van der Waals surface area contributed by atoms with E-state index in [0.717, 1.165) is 83.6 Å². The molecule has 0 saturated heterocycles. The van der Waals surface area contributed by atoms with Crippen LogP contribution in [0.25, 0.3) is 133 Å². The van der Waals surface area contributed by atoms with Gasteiger partial charge in [-0.15, -0.1) is 0 Å². The lowest BCUT2D eigenvalue weighted by molar-refractivity contribution is 1.17. The smallest absolute Gasteiger partial charge is 0.160 e. The van der Waals surface area contributed by atoms with Gasteiger partial charge in [0.2, 0.25) is 0 Å². The van der Waals surface area contributed by atoms with Crippen molar-refractivity contribution in [1.29, 1.82) is 0 Å². The maximum atomic E-state index is 5.68. The van der Waals surface area contributed by atoms with Crippen molar-refractivity contribution in [2.45, 2.75) is 0 Å². The molecule has 14 aromatic rings. The molecule has 4 heterocycles. The van der Waals surface area contributed by atoms with Crippen LogP contribution >= 0.6 is 0 Å². The van der Waals surface area contributed by atoms with Gasteiger partial charge in [-0.2, -0.15) is 0 Å². The lowest BCUT2D eigenvalue weighted by atomic mass is 9.93. The molecule has 70 heavy (non-hydrogen) atoms. The molecule has 0 radical (unpaired) electrons. The van der Waals surface area contributed by atoms with Gasteiger partial charge in [0.15, 0.2) is 5.82 Å². The highest BCUT2D eigenvalue weighted by atomic mass is 15.0. The van der Waals surface area contributed by atoms with Crippen molar-refractivity contribution in [3.05, 3.63) is 249 Å². The zero-order valence-electron chi connectivity index (χ0n) is 37.9. The summed E-state index contributed by atoms with van der Waals surface area (Å²) in [6, 6.07) is 88.4. The molecule has 14 rings (SSSR count). The molecule has 0 unspecified atom stereocenters. The molecule has 0 atom stereocenters. The van der Waals surface area contributed by atoms with Crippen LogP contribution in [0.5, 0.6) is 0 Å². The van der Waals surface area contributed by atoms with E-state index in [4.69, 9.17) is 15.0 Å². The maximum absolute atomic E-state index is 5.68. The molecular formula is C65H41N5. The summed E-state index contributed by atoms with van der Waals surface area (Å²) in [4.78, 5) is 16.1. The van der Waals surface area contributed by atoms with Crippen LogP contribution in [0.2, 0.25) is 0 Å². The second-order valence-electron chi connectivity index (χ2n) is 17.9. The molecule has 10 aromatic carbocycles. The molecule has 0 amide bonds. The van der Waals surface area contributed by atoms with Crippen molar-refractivity contribution in [2.75, 3.05) is 0 Å². The highest BCUT2D eigenvalue weighted by Gasteiger charge is 2.22. The number of pyridine rings is 1. The molecule has 326 valence electrons.